The number of rotatable bonds is 14. The number of benzene rings is 2. The van der Waals surface area contributed by atoms with Crippen LogP contribution in [0.1, 0.15) is 51.7 Å². The minimum Gasteiger partial charge on any atom is -0.494 e. The molecule has 0 aliphatic rings. The largest absolute Gasteiger partial charge is 0.494 e. The molecule has 1 atom stereocenters. The van der Waals surface area contributed by atoms with Crippen LogP contribution in [-0.2, 0) is 13.2 Å². The second kappa shape index (κ2) is 13.5. The molecule has 0 bridgehead atoms. The summed E-state index contributed by atoms with van der Waals surface area (Å²) in [6.45, 7) is 10.3. The normalized spacial score (nSPS) is 12.7. The van der Waals surface area contributed by atoms with E-state index in [1.165, 1.54) is 11.1 Å². The third-order valence-electron chi connectivity index (χ3n) is 5.12. The van der Waals surface area contributed by atoms with Gasteiger partial charge in [0.05, 0.1) is 32.0 Å². The Labute approximate surface area is 206 Å². The second-order valence-electron chi connectivity index (χ2n) is 8.28. The molecule has 2 aromatic rings. The molecule has 31 heavy (non-hydrogen) atoms. The first-order chi connectivity index (χ1) is 14.9. The van der Waals surface area contributed by atoms with Crippen LogP contribution in [0.15, 0.2) is 48.5 Å². The molecule has 0 heterocycles. The summed E-state index contributed by atoms with van der Waals surface area (Å²) in [6.07, 6.45) is 1.84. The van der Waals surface area contributed by atoms with Gasteiger partial charge in [0.15, 0.2) is 0 Å². The Morgan fingerprint density at radius 1 is 0.871 bits per heavy atom. The van der Waals surface area contributed by atoms with Gasteiger partial charge in [0, 0.05) is 17.7 Å². The van der Waals surface area contributed by atoms with E-state index < -0.39 is 0 Å². The van der Waals surface area contributed by atoms with Gasteiger partial charge in [-0.25, -0.2) is 0 Å². The van der Waals surface area contributed by atoms with Gasteiger partial charge in [0.2, 0.25) is 0 Å². The Kier molecular flexibility index (Phi) is 11.4. The fourth-order valence-corrected chi connectivity index (χ4v) is 3.81. The van der Waals surface area contributed by atoms with Gasteiger partial charge in [-0.15, -0.1) is 11.6 Å². The van der Waals surface area contributed by atoms with Crippen molar-refractivity contribution in [2.75, 3.05) is 25.7 Å². The van der Waals surface area contributed by atoms with E-state index in [2.05, 4.69) is 38.1 Å². The first-order valence-electron chi connectivity index (χ1n) is 10.8. The molecule has 2 rings (SSSR count). The van der Waals surface area contributed by atoms with Crippen LogP contribution in [0.3, 0.4) is 0 Å². The average molecular weight is 561 g/mol. The lowest BCUT2D eigenvalue weighted by molar-refractivity contribution is -0.0197. The molecule has 0 fully saturated rings. The summed E-state index contributed by atoms with van der Waals surface area (Å²) in [6, 6.07) is 16.7. The highest BCUT2D eigenvalue weighted by molar-refractivity contribution is 14.1. The highest BCUT2D eigenvalue weighted by Gasteiger charge is 2.23. The molecule has 0 aliphatic heterocycles. The van der Waals surface area contributed by atoms with Crippen LogP contribution >= 0.6 is 34.6 Å². The van der Waals surface area contributed by atoms with Gasteiger partial charge in [-0.1, -0.05) is 38.1 Å². The highest BCUT2D eigenvalue weighted by atomic mass is 127. The molecule has 2 aromatic carbocycles. The third kappa shape index (κ3) is 8.79. The molecule has 0 N–H and O–H groups in total. The summed E-state index contributed by atoms with van der Waals surface area (Å²) in [4.78, 5) is 0. The predicted octanol–water partition coefficient (Wildman–Crippen LogP) is 6.95. The Hall–Kier alpha value is -1.02. The molecular weight excluding hydrogens is 527 g/mol. The fourth-order valence-electron chi connectivity index (χ4n) is 3.30. The molecule has 0 saturated carbocycles. The molecule has 0 aliphatic carbocycles. The van der Waals surface area contributed by atoms with Crippen molar-refractivity contribution >= 4 is 34.6 Å². The summed E-state index contributed by atoms with van der Waals surface area (Å²) in [5.41, 5.74) is 2.34. The van der Waals surface area contributed by atoms with Gasteiger partial charge in [0.1, 0.15) is 34.5 Å². The minimum atomic E-state index is -0.124. The molecular formula is C25H34ClIO4. The number of halogens is 2. The summed E-state index contributed by atoms with van der Waals surface area (Å²) in [5.74, 6) is 2.35. The summed E-state index contributed by atoms with van der Waals surface area (Å²) in [5, 5.41) is 0. The maximum atomic E-state index is 5.94. The van der Waals surface area contributed by atoms with E-state index in [1.807, 2.05) is 61.1 Å². The first-order valence-corrected chi connectivity index (χ1v) is 12.2. The molecule has 0 amide bonds. The van der Waals surface area contributed by atoms with E-state index in [1.54, 1.807) is 0 Å². The number of hydrogen-bond acceptors (Lipinski definition) is 4. The Morgan fingerprint density at radius 2 is 1.39 bits per heavy atom. The number of alkyl halides is 1. The van der Waals surface area contributed by atoms with Crippen LogP contribution < -0.4 is 9.47 Å². The minimum absolute atomic E-state index is 0.0389. The molecule has 4 nitrogen and oxygen atoms in total. The standard InChI is InChI=1S/C25H34ClIO4/c1-19(2)31-24(18-30-27)14-17-29-23-12-8-21(9-13-23)25(3,4)20-6-10-22(11-7-20)28-16-5-15-26/h6-13,19,24H,5,14-18H2,1-4H3. The van der Waals surface area contributed by atoms with Crippen LogP contribution in [0.4, 0.5) is 0 Å². The molecule has 6 heteroatoms. The Balaban J connectivity index is 1.93. The van der Waals surface area contributed by atoms with Crippen molar-refractivity contribution in [3.63, 3.8) is 0 Å². The lowest BCUT2D eigenvalue weighted by atomic mass is 9.78. The monoisotopic (exact) mass is 560 g/mol. The van der Waals surface area contributed by atoms with E-state index >= 15 is 0 Å². The lowest BCUT2D eigenvalue weighted by Gasteiger charge is -2.26. The van der Waals surface area contributed by atoms with Crippen molar-refractivity contribution in [2.45, 2.75) is 58.2 Å². The van der Waals surface area contributed by atoms with Gasteiger partial charge in [-0.2, -0.15) is 0 Å². The van der Waals surface area contributed by atoms with Gasteiger partial charge >= 0.3 is 0 Å². The predicted molar refractivity (Wildman–Crippen MR) is 136 cm³/mol. The quantitative estimate of drug-likeness (QED) is 0.142. The maximum Gasteiger partial charge on any atom is 0.119 e. The van der Waals surface area contributed by atoms with E-state index in [0.717, 1.165) is 24.3 Å². The zero-order valence-electron chi connectivity index (χ0n) is 18.9. The Bertz CT molecular complexity index is 747. The van der Waals surface area contributed by atoms with Crippen molar-refractivity contribution in [1.29, 1.82) is 0 Å². The summed E-state index contributed by atoms with van der Waals surface area (Å²) < 4.78 is 22.7. The zero-order chi connectivity index (χ0) is 22.7. The van der Waals surface area contributed by atoms with Crippen molar-refractivity contribution < 1.29 is 17.3 Å². The lowest BCUT2D eigenvalue weighted by Crippen LogP contribution is -2.24. The molecule has 0 spiro atoms. The highest BCUT2D eigenvalue weighted by Crippen LogP contribution is 2.33. The van der Waals surface area contributed by atoms with E-state index in [-0.39, 0.29) is 17.6 Å². The summed E-state index contributed by atoms with van der Waals surface area (Å²) in [7, 11) is 0. The molecule has 0 saturated heterocycles. The number of hydrogen-bond donors (Lipinski definition) is 0. The average Bonchev–Trinajstić information content (AvgIpc) is 2.74. The molecule has 0 radical (unpaired) electrons. The van der Waals surface area contributed by atoms with Crippen molar-refractivity contribution in [3.05, 3.63) is 59.7 Å². The van der Waals surface area contributed by atoms with Crippen molar-refractivity contribution in [1.82, 2.24) is 0 Å². The van der Waals surface area contributed by atoms with Gasteiger partial charge in [-0.05, 0) is 55.7 Å². The van der Waals surface area contributed by atoms with E-state index in [9.17, 15) is 0 Å². The molecule has 172 valence electrons. The van der Waals surface area contributed by atoms with Crippen LogP contribution in [0, 0.1) is 0 Å². The van der Waals surface area contributed by atoms with Gasteiger partial charge < -0.3 is 17.3 Å². The smallest absolute Gasteiger partial charge is 0.119 e. The zero-order valence-corrected chi connectivity index (χ0v) is 21.8. The van der Waals surface area contributed by atoms with Crippen molar-refractivity contribution in [2.24, 2.45) is 0 Å². The number of ether oxygens (including phenoxy) is 3. The van der Waals surface area contributed by atoms with Crippen LogP contribution in [0.2, 0.25) is 0 Å². The second-order valence-corrected chi connectivity index (χ2v) is 9.29. The van der Waals surface area contributed by atoms with Crippen LogP contribution in [0.25, 0.3) is 0 Å². The first kappa shape index (κ1) is 26.2. The van der Waals surface area contributed by atoms with Gasteiger partial charge in [0.25, 0.3) is 0 Å². The fraction of sp³-hybridized carbons (Fsp3) is 0.520. The van der Waals surface area contributed by atoms with E-state index in [0.29, 0.717) is 25.7 Å². The topological polar surface area (TPSA) is 36.9 Å². The van der Waals surface area contributed by atoms with Crippen LogP contribution in [-0.4, -0.2) is 37.9 Å². The maximum absolute atomic E-state index is 5.94. The molecule has 0 aromatic heterocycles. The SMILES string of the molecule is CC(C)OC(CCOc1ccc(C(C)(C)c2ccc(OCCCCl)cc2)cc1)COI. The van der Waals surface area contributed by atoms with Crippen LogP contribution in [0.5, 0.6) is 11.5 Å². The summed E-state index contributed by atoms with van der Waals surface area (Å²) >= 11 is 7.61. The molecule has 1 unspecified atom stereocenters. The van der Waals surface area contributed by atoms with Crippen molar-refractivity contribution in [3.8, 4) is 11.5 Å². The Morgan fingerprint density at radius 3 is 1.84 bits per heavy atom. The third-order valence-corrected chi connectivity index (χ3v) is 5.75. The van der Waals surface area contributed by atoms with E-state index in [4.69, 9.17) is 28.9 Å². The van der Waals surface area contributed by atoms with Gasteiger partial charge in [-0.3, -0.25) is 0 Å².